The van der Waals surface area contributed by atoms with Gasteiger partial charge in [0.15, 0.2) is 0 Å². The maximum Gasteiger partial charge on any atom is 0.227 e. The highest BCUT2D eigenvalue weighted by molar-refractivity contribution is 5.79. The Kier molecular flexibility index (Phi) is 5.90. The molecule has 2 aliphatic heterocycles. The number of para-hydroxylation sites is 1. The highest BCUT2D eigenvalue weighted by Crippen LogP contribution is 2.23. The summed E-state index contributed by atoms with van der Waals surface area (Å²) in [5.74, 6) is 0.300. The van der Waals surface area contributed by atoms with Crippen LogP contribution in [0.3, 0.4) is 0 Å². The first-order valence-electron chi connectivity index (χ1n) is 9.09. The molecule has 1 atom stereocenters. The second kappa shape index (κ2) is 8.32. The molecule has 2 saturated heterocycles. The second-order valence-electron chi connectivity index (χ2n) is 6.80. The van der Waals surface area contributed by atoms with Crippen molar-refractivity contribution in [2.45, 2.75) is 12.8 Å². The molecule has 1 aromatic carbocycles. The molecule has 0 aromatic heterocycles. The fraction of sp³-hybridized carbons (Fsp3) is 0.579. The highest BCUT2D eigenvalue weighted by atomic mass is 16.3. The van der Waals surface area contributed by atoms with Gasteiger partial charge in [-0.05, 0) is 31.5 Å². The molecule has 1 aromatic rings. The Morgan fingerprint density at radius 3 is 2.68 bits per heavy atom. The van der Waals surface area contributed by atoms with Gasteiger partial charge < -0.3 is 19.8 Å². The van der Waals surface area contributed by atoms with Crippen molar-refractivity contribution in [2.24, 2.45) is 5.92 Å². The Balaban J connectivity index is 1.57. The number of rotatable bonds is 4. The summed E-state index contributed by atoms with van der Waals surface area (Å²) in [6.45, 7) is 5.47. The third-order valence-corrected chi connectivity index (χ3v) is 5.23. The zero-order valence-corrected chi connectivity index (χ0v) is 14.6. The summed E-state index contributed by atoms with van der Waals surface area (Å²) in [7, 11) is 0. The lowest BCUT2D eigenvalue weighted by atomic mass is 9.96. The van der Waals surface area contributed by atoms with Crippen molar-refractivity contribution >= 4 is 11.6 Å². The van der Waals surface area contributed by atoms with Crippen LogP contribution in [0.4, 0.5) is 5.69 Å². The van der Waals surface area contributed by atoms with Crippen LogP contribution in [0.2, 0.25) is 0 Å². The molecule has 25 heavy (non-hydrogen) atoms. The lowest BCUT2D eigenvalue weighted by Crippen LogP contribution is -2.52. The number of hydrogen-bond donors (Lipinski definition) is 1. The number of likely N-dealkylation sites (tertiary alicyclic amines) is 1. The van der Waals surface area contributed by atoms with E-state index in [1.807, 2.05) is 29.2 Å². The lowest BCUT2D eigenvalue weighted by Gasteiger charge is -2.39. The number of nitriles is 1. The van der Waals surface area contributed by atoms with E-state index >= 15 is 0 Å². The molecule has 2 aliphatic rings. The highest BCUT2D eigenvalue weighted by Gasteiger charge is 2.31. The van der Waals surface area contributed by atoms with Gasteiger partial charge in [-0.1, -0.05) is 12.1 Å². The minimum absolute atomic E-state index is 0.0539. The van der Waals surface area contributed by atoms with E-state index in [1.165, 1.54) is 0 Å². The van der Waals surface area contributed by atoms with Crippen LogP contribution in [0.1, 0.15) is 18.4 Å². The number of hydrogen-bond acceptors (Lipinski definition) is 5. The van der Waals surface area contributed by atoms with E-state index in [-0.39, 0.29) is 18.4 Å². The van der Waals surface area contributed by atoms with Gasteiger partial charge in [0, 0.05) is 39.3 Å². The number of amides is 1. The Bertz CT molecular complexity index is 633. The first-order chi connectivity index (χ1) is 12.2. The first kappa shape index (κ1) is 17.7. The predicted molar refractivity (Wildman–Crippen MR) is 96.2 cm³/mol. The third kappa shape index (κ3) is 4.12. The molecule has 134 valence electrons. The Morgan fingerprint density at radius 1 is 1.20 bits per heavy atom. The smallest absolute Gasteiger partial charge is 0.227 e. The average molecular weight is 342 g/mol. The number of carbonyl (C=O) groups excluding carboxylic acids is 1. The van der Waals surface area contributed by atoms with E-state index in [0.29, 0.717) is 25.2 Å². The van der Waals surface area contributed by atoms with Crippen molar-refractivity contribution in [3.05, 3.63) is 29.8 Å². The SMILES string of the molecule is N#Cc1ccccc1N1CCN(C(=O)[C@H]2CCCN(CCO)C2)CC1. The quantitative estimate of drug-likeness (QED) is 0.881. The standard InChI is InChI=1S/C19H26N4O2/c20-14-16-4-1-2-6-18(16)22-8-10-23(11-9-22)19(25)17-5-3-7-21(15-17)12-13-24/h1-2,4,6,17,24H,3,5,7-13,15H2/t17-/m0/s1. The molecule has 1 amide bonds. The van der Waals surface area contributed by atoms with Crippen molar-refractivity contribution in [1.29, 1.82) is 5.26 Å². The Morgan fingerprint density at radius 2 is 1.96 bits per heavy atom. The first-order valence-corrected chi connectivity index (χ1v) is 9.09. The maximum absolute atomic E-state index is 12.8. The molecule has 0 radical (unpaired) electrons. The maximum atomic E-state index is 12.8. The molecule has 2 heterocycles. The second-order valence-corrected chi connectivity index (χ2v) is 6.80. The van der Waals surface area contributed by atoms with Crippen LogP contribution in [0.5, 0.6) is 0 Å². The number of anilines is 1. The van der Waals surface area contributed by atoms with E-state index in [4.69, 9.17) is 5.11 Å². The van der Waals surface area contributed by atoms with Crippen LogP contribution in [0.25, 0.3) is 0 Å². The number of aliphatic hydroxyl groups excluding tert-OH is 1. The van der Waals surface area contributed by atoms with E-state index < -0.39 is 0 Å². The lowest BCUT2D eigenvalue weighted by molar-refractivity contribution is -0.137. The molecular formula is C19H26N4O2. The fourth-order valence-electron chi connectivity index (χ4n) is 3.87. The number of β-amino-alcohol motifs (C(OH)–C–C–N with tert-alkyl or cyclic N) is 1. The van der Waals surface area contributed by atoms with Gasteiger partial charge in [-0.3, -0.25) is 4.79 Å². The Hall–Kier alpha value is -2.10. The third-order valence-electron chi connectivity index (χ3n) is 5.23. The van der Waals surface area contributed by atoms with E-state index in [0.717, 1.165) is 44.7 Å². The number of aliphatic hydroxyl groups is 1. The molecule has 1 N–H and O–H groups in total. The van der Waals surface area contributed by atoms with Crippen molar-refractivity contribution in [3.63, 3.8) is 0 Å². The summed E-state index contributed by atoms with van der Waals surface area (Å²) in [4.78, 5) is 19.2. The predicted octanol–water partition coefficient (Wildman–Crippen LogP) is 0.911. The van der Waals surface area contributed by atoms with Crippen molar-refractivity contribution in [2.75, 3.05) is 57.3 Å². The molecule has 0 unspecified atom stereocenters. The van der Waals surface area contributed by atoms with Crippen LogP contribution < -0.4 is 4.90 Å². The summed E-state index contributed by atoms with van der Waals surface area (Å²) in [5, 5.41) is 18.4. The minimum Gasteiger partial charge on any atom is -0.395 e. The monoisotopic (exact) mass is 342 g/mol. The van der Waals surface area contributed by atoms with Gasteiger partial charge in [-0.25, -0.2) is 0 Å². The van der Waals surface area contributed by atoms with E-state index in [9.17, 15) is 10.1 Å². The van der Waals surface area contributed by atoms with Crippen molar-refractivity contribution in [1.82, 2.24) is 9.80 Å². The van der Waals surface area contributed by atoms with Gasteiger partial charge in [-0.2, -0.15) is 5.26 Å². The summed E-state index contributed by atoms with van der Waals surface area (Å²) >= 11 is 0. The summed E-state index contributed by atoms with van der Waals surface area (Å²) in [6, 6.07) is 9.89. The van der Waals surface area contributed by atoms with Gasteiger partial charge in [0.1, 0.15) is 6.07 Å². The number of carbonyl (C=O) groups is 1. The van der Waals surface area contributed by atoms with Gasteiger partial charge in [0.2, 0.25) is 5.91 Å². The van der Waals surface area contributed by atoms with Gasteiger partial charge in [-0.15, -0.1) is 0 Å². The molecule has 0 aliphatic carbocycles. The normalized spacial score (nSPS) is 21.8. The molecule has 6 nitrogen and oxygen atoms in total. The average Bonchev–Trinajstić information content (AvgIpc) is 2.68. The van der Waals surface area contributed by atoms with Crippen LogP contribution in [0, 0.1) is 17.2 Å². The number of piperidine rings is 1. The van der Waals surface area contributed by atoms with Crippen LogP contribution in [0.15, 0.2) is 24.3 Å². The summed E-state index contributed by atoms with van der Waals surface area (Å²) in [5.41, 5.74) is 1.65. The fourth-order valence-corrected chi connectivity index (χ4v) is 3.87. The topological polar surface area (TPSA) is 70.8 Å². The van der Waals surface area contributed by atoms with Crippen LogP contribution in [-0.4, -0.2) is 73.2 Å². The van der Waals surface area contributed by atoms with Crippen molar-refractivity contribution in [3.8, 4) is 6.07 Å². The zero-order valence-electron chi connectivity index (χ0n) is 14.6. The minimum atomic E-state index is 0.0539. The van der Waals surface area contributed by atoms with Crippen LogP contribution >= 0.6 is 0 Å². The summed E-state index contributed by atoms with van der Waals surface area (Å²) in [6.07, 6.45) is 1.96. The molecular weight excluding hydrogens is 316 g/mol. The number of benzene rings is 1. The molecule has 0 spiro atoms. The summed E-state index contributed by atoms with van der Waals surface area (Å²) < 4.78 is 0. The molecule has 2 fully saturated rings. The number of piperazine rings is 1. The van der Waals surface area contributed by atoms with Gasteiger partial charge in [0.05, 0.1) is 23.8 Å². The van der Waals surface area contributed by atoms with Gasteiger partial charge in [0.25, 0.3) is 0 Å². The van der Waals surface area contributed by atoms with Crippen molar-refractivity contribution < 1.29 is 9.90 Å². The number of nitrogens with zero attached hydrogens (tertiary/aromatic N) is 4. The molecule has 0 saturated carbocycles. The largest absolute Gasteiger partial charge is 0.395 e. The van der Waals surface area contributed by atoms with E-state index in [1.54, 1.807) is 0 Å². The molecule has 0 bridgehead atoms. The Labute approximate surface area is 149 Å². The van der Waals surface area contributed by atoms with Gasteiger partial charge >= 0.3 is 0 Å². The zero-order chi connectivity index (χ0) is 17.6. The van der Waals surface area contributed by atoms with Crippen LogP contribution in [-0.2, 0) is 4.79 Å². The van der Waals surface area contributed by atoms with E-state index in [2.05, 4.69) is 15.9 Å². The molecule has 3 rings (SSSR count). The molecule has 6 heteroatoms.